The molecule has 1 aromatic carbocycles. The summed E-state index contributed by atoms with van der Waals surface area (Å²) in [6, 6.07) is 5.80. The molecule has 0 N–H and O–H groups in total. The fourth-order valence-electron chi connectivity index (χ4n) is 2.29. The maximum absolute atomic E-state index is 12.5. The number of hydrogen-bond donors (Lipinski definition) is 0. The molecule has 27 heavy (non-hydrogen) atoms. The highest BCUT2D eigenvalue weighted by Gasteiger charge is 2.31. The van der Waals surface area contributed by atoms with Gasteiger partial charge in [-0.3, -0.25) is 0 Å². The molecule has 1 aliphatic heterocycles. The molecule has 0 aromatic heterocycles. The van der Waals surface area contributed by atoms with Gasteiger partial charge < -0.3 is 19.1 Å². The smallest absolute Gasteiger partial charge is 0.422 e. The molecule has 6 nitrogen and oxygen atoms in total. The van der Waals surface area contributed by atoms with Gasteiger partial charge in [0.25, 0.3) is 0 Å². The number of rotatable bonds is 5. The quantitative estimate of drug-likeness (QED) is 0.728. The molecule has 0 aliphatic carbocycles. The third-order valence-corrected chi connectivity index (χ3v) is 3.41. The van der Waals surface area contributed by atoms with E-state index in [-0.39, 0.29) is 22.7 Å². The number of esters is 2. The molecule has 0 fully saturated rings. The fraction of sp³-hybridized carbons (Fsp3) is 0.222. The van der Waals surface area contributed by atoms with Gasteiger partial charge in [0.2, 0.25) is 0 Å². The molecular formula is C18H16F3NO5. The van der Waals surface area contributed by atoms with Crippen LogP contribution in [0.4, 0.5) is 18.9 Å². The number of para-hydroxylation sites is 2. The summed E-state index contributed by atoms with van der Waals surface area (Å²) >= 11 is 0. The number of allylic oxidation sites excluding steroid dienone is 2. The molecule has 1 aliphatic rings. The molecule has 2 rings (SSSR count). The van der Waals surface area contributed by atoms with Crippen LogP contribution in [0.5, 0.6) is 5.75 Å². The van der Waals surface area contributed by atoms with E-state index < -0.39 is 24.7 Å². The van der Waals surface area contributed by atoms with Crippen molar-refractivity contribution < 1.29 is 37.0 Å². The van der Waals surface area contributed by atoms with Crippen LogP contribution in [0.15, 0.2) is 60.0 Å². The van der Waals surface area contributed by atoms with E-state index in [0.717, 1.165) is 14.2 Å². The van der Waals surface area contributed by atoms with Crippen molar-refractivity contribution in [2.45, 2.75) is 6.18 Å². The highest BCUT2D eigenvalue weighted by atomic mass is 19.4. The summed E-state index contributed by atoms with van der Waals surface area (Å²) in [4.78, 5) is 25.7. The van der Waals surface area contributed by atoms with Crippen molar-refractivity contribution in [3.05, 3.63) is 60.0 Å². The molecule has 1 heterocycles. The van der Waals surface area contributed by atoms with Crippen molar-refractivity contribution in [1.82, 2.24) is 0 Å². The number of methoxy groups -OCH3 is 2. The summed E-state index contributed by atoms with van der Waals surface area (Å²) in [5, 5.41) is 0. The second-order valence-corrected chi connectivity index (χ2v) is 5.19. The predicted octanol–water partition coefficient (Wildman–Crippen LogP) is 3.12. The Morgan fingerprint density at radius 3 is 2.33 bits per heavy atom. The molecule has 0 saturated carbocycles. The first-order chi connectivity index (χ1) is 12.8. The minimum absolute atomic E-state index is 0.114. The topological polar surface area (TPSA) is 65.1 Å². The Kier molecular flexibility index (Phi) is 6.27. The van der Waals surface area contributed by atoms with E-state index in [1.165, 1.54) is 47.5 Å². The number of alkyl halides is 3. The first-order valence-electron chi connectivity index (χ1n) is 7.62. The Labute approximate surface area is 153 Å². The average molecular weight is 383 g/mol. The third kappa shape index (κ3) is 4.90. The van der Waals surface area contributed by atoms with Crippen molar-refractivity contribution in [3.63, 3.8) is 0 Å². The van der Waals surface area contributed by atoms with Crippen molar-refractivity contribution in [2.75, 3.05) is 25.7 Å². The lowest BCUT2D eigenvalue weighted by molar-refractivity contribution is -0.153. The normalized spacial score (nSPS) is 14.0. The van der Waals surface area contributed by atoms with Crippen LogP contribution in [-0.4, -0.2) is 38.9 Å². The lowest BCUT2D eigenvalue weighted by Crippen LogP contribution is -2.28. The maximum Gasteiger partial charge on any atom is 0.422 e. The maximum atomic E-state index is 12.5. The van der Waals surface area contributed by atoms with E-state index in [4.69, 9.17) is 9.47 Å². The SMILES string of the molecule is COC(=O)C1=C(C(=O)OC)N(c2ccccc2OCC(F)(F)F)C=CC=C1. The van der Waals surface area contributed by atoms with Crippen LogP contribution in [0.25, 0.3) is 0 Å². The molecule has 0 saturated heterocycles. The third-order valence-electron chi connectivity index (χ3n) is 3.41. The zero-order valence-corrected chi connectivity index (χ0v) is 14.4. The Bertz CT molecular complexity index is 811. The van der Waals surface area contributed by atoms with Crippen LogP contribution in [0, 0.1) is 0 Å². The molecule has 1 aromatic rings. The van der Waals surface area contributed by atoms with Gasteiger partial charge >= 0.3 is 18.1 Å². The predicted molar refractivity (Wildman–Crippen MR) is 89.8 cm³/mol. The largest absolute Gasteiger partial charge is 0.482 e. The Morgan fingerprint density at radius 2 is 1.70 bits per heavy atom. The highest BCUT2D eigenvalue weighted by molar-refractivity contribution is 6.05. The van der Waals surface area contributed by atoms with E-state index in [9.17, 15) is 22.8 Å². The molecule has 9 heteroatoms. The van der Waals surface area contributed by atoms with E-state index in [0.29, 0.717) is 0 Å². The van der Waals surface area contributed by atoms with E-state index in [2.05, 4.69) is 4.74 Å². The van der Waals surface area contributed by atoms with Gasteiger partial charge in [-0.2, -0.15) is 13.2 Å². The summed E-state index contributed by atoms with van der Waals surface area (Å²) < 4.78 is 51.9. The van der Waals surface area contributed by atoms with Crippen molar-refractivity contribution >= 4 is 17.6 Å². The van der Waals surface area contributed by atoms with Crippen LogP contribution >= 0.6 is 0 Å². The first kappa shape index (κ1) is 20.1. The van der Waals surface area contributed by atoms with Gasteiger partial charge in [-0.15, -0.1) is 0 Å². The van der Waals surface area contributed by atoms with Crippen LogP contribution < -0.4 is 9.64 Å². The molecule has 144 valence electrons. The van der Waals surface area contributed by atoms with Gasteiger partial charge in [0.1, 0.15) is 11.4 Å². The number of carbonyl (C=O) groups excluding carboxylic acids is 2. The van der Waals surface area contributed by atoms with Crippen LogP contribution in [0.1, 0.15) is 0 Å². The highest BCUT2D eigenvalue weighted by Crippen LogP contribution is 2.34. The van der Waals surface area contributed by atoms with Gasteiger partial charge in [-0.1, -0.05) is 18.2 Å². The number of benzene rings is 1. The summed E-state index contributed by atoms with van der Waals surface area (Å²) in [5.41, 5.74) is -0.235. The lowest BCUT2D eigenvalue weighted by atomic mass is 10.1. The Morgan fingerprint density at radius 1 is 1.04 bits per heavy atom. The molecule has 0 bridgehead atoms. The van der Waals surface area contributed by atoms with Crippen molar-refractivity contribution in [3.8, 4) is 5.75 Å². The number of anilines is 1. The number of nitrogens with zero attached hydrogens (tertiary/aromatic N) is 1. The van der Waals surface area contributed by atoms with E-state index >= 15 is 0 Å². The van der Waals surface area contributed by atoms with E-state index in [1.807, 2.05) is 0 Å². The van der Waals surface area contributed by atoms with E-state index in [1.54, 1.807) is 6.07 Å². The summed E-state index contributed by atoms with van der Waals surface area (Å²) in [6.45, 7) is -1.51. The zero-order valence-electron chi connectivity index (χ0n) is 14.4. The minimum Gasteiger partial charge on any atom is -0.482 e. The number of carbonyl (C=O) groups is 2. The standard InChI is InChI=1S/C18H16F3NO5/c1-25-16(23)12-7-5-6-10-22(15(12)17(24)26-2)13-8-3-4-9-14(13)27-11-18(19,20)21/h3-10H,11H2,1-2H3. The first-order valence-corrected chi connectivity index (χ1v) is 7.62. The van der Waals surface area contributed by atoms with Gasteiger partial charge in [-0.25, -0.2) is 9.59 Å². The average Bonchev–Trinajstić information content (AvgIpc) is 2.87. The van der Waals surface area contributed by atoms with Gasteiger partial charge in [0.15, 0.2) is 6.61 Å². The molecular weight excluding hydrogens is 367 g/mol. The number of halogens is 3. The lowest BCUT2D eigenvalue weighted by Gasteiger charge is -2.25. The number of ether oxygens (including phenoxy) is 3. The van der Waals surface area contributed by atoms with Crippen LogP contribution in [-0.2, 0) is 19.1 Å². The van der Waals surface area contributed by atoms with Gasteiger partial charge in [0, 0.05) is 6.20 Å². The fourth-order valence-corrected chi connectivity index (χ4v) is 2.29. The summed E-state index contributed by atoms with van der Waals surface area (Å²) in [7, 11) is 2.26. The molecule has 0 unspecified atom stereocenters. The van der Waals surface area contributed by atoms with Crippen molar-refractivity contribution in [1.29, 1.82) is 0 Å². The molecule has 0 spiro atoms. The van der Waals surface area contributed by atoms with Gasteiger partial charge in [0.05, 0.1) is 25.5 Å². The summed E-state index contributed by atoms with van der Waals surface area (Å²) in [6.07, 6.45) is 1.18. The monoisotopic (exact) mass is 383 g/mol. The summed E-state index contributed by atoms with van der Waals surface area (Å²) in [5.74, 6) is -1.82. The van der Waals surface area contributed by atoms with Crippen LogP contribution in [0.3, 0.4) is 0 Å². The molecule has 0 amide bonds. The molecule has 0 atom stereocenters. The number of hydrogen-bond acceptors (Lipinski definition) is 6. The second kappa shape index (κ2) is 8.43. The minimum atomic E-state index is -4.54. The van der Waals surface area contributed by atoms with Crippen LogP contribution in [0.2, 0.25) is 0 Å². The Hall–Kier alpha value is -3.23. The zero-order chi connectivity index (χ0) is 20.0. The van der Waals surface area contributed by atoms with Crippen molar-refractivity contribution in [2.24, 2.45) is 0 Å². The van der Waals surface area contributed by atoms with Gasteiger partial charge in [-0.05, 0) is 24.3 Å². The molecule has 0 radical (unpaired) electrons. The second-order valence-electron chi connectivity index (χ2n) is 5.19. The Balaban J connectivity index is 2.58.